The SMILES string of the molecule is CCN(C(=O)[C@H](Cc1cnc[nH]1)NC(=O)OC(C)(C)C)[C@@H](C)C(=O)O. The van der Waals surface area contributed by atoms with Crippen LogP contribution in [0.2, 0.25) is 0 Å². The van der Waals surface area contributed by atoms with Crippen LogP contribution in [0.15, 0.2) is 12.5 Å². The maximum absolute atomic E-state index is 12.8. The molecule has 0 radical (unpaired) electrons. The summed E-state index contributed by atoms with van der Waals surface area (Å²) in [5.41, 5.74) is -0.0850. The van der Waals surface area contributed by atoms with Crippen molar-refractivity contribution in [2.75, 3.05) is 6.54 Å². The number of amides is 2. The second-order valence-electron chi connectivity index (χ2n) is 6.62. The number of hydrogen-bond donors (Lipinski definition) is 3. The Kier molecular flexibility index (Phi) is 6.96. The average Bonchev–Trinajstić information content (AvgIpc) is 2.97. The fourth-order valence-corrected chi connectivity index (χ4v) is 2.22. The minimum absolute atomic E-state index is 0.140. The quantitative estimate of drug-likeness (QED) is 0.675. The summed E-state index contributed by atoms with van der Waals surface area (Å²) in [6, 6.07) is -1.99. The van der Waals surface area contributed by atoms with Crippen LogP contribution in [0.5, 0.6) is 0 Å². The summed E-state index contributed by atoms with van der Waals surface area (Å²) in [6.45, 7) is 8.43. The molecule has 140 valence electrons. The average molecular weight is 354 g/mol. The first kappa shape index (κ1) is 20.5. The Balaban J connectivity index is 2.97. The highest BCUT2D eigenvalue weighted by atomic mass is 16.6. The third kappa shape index (κ3) is 6.44. The van der Waals surface area contributed by atoms with E-state index in [1.807, 2.05) is 0 Å². The first-order valence-corrected chi connectivity index (χ1v) is 8.05. The molecule has 0 aliphatic heterocycles. The largest absolute Gasteiger partial charge is 0.480 e. The molecule has 1 heterocycles. The predicted molar refractivity (Wildman–Crippen MR) is 89.9 cm³/mol. The zero-order chi connectivity index (χ0) is 19.2. The van der Waals surface area contributed by atoms with Crippen LogP contribution in [0.25, 0.3) is 0 Å². The third-order valence-electron chi connectivity index (χ3n) is 3.42. The number of alkyl carbamates (subject to hydrolysis) is 1. The van der Waals surface area contributed by atoms with E-state index in [1.165, 1.54) is 24.3 Å². The fraction of sp³-hybridized carbons (Fsp3) is 0.625. The lowest BCUT2D eigenvalue weighted by atomic mass is 10.1. The Morgan fingerprint density at radius 1 is 1.40 bits per heavy atom. The number of hydrogen-bond acceptors (Lipinski definition) is 5. The number of carbonyl (C=O) groups is 3. The number of nitrogens with one attached hydrogen (secondary N) is 2. The lowest BCUT2D eigenvalue weighted by molar-refractivity contribution is -0.150. The van der Waals surface area contributed by atoms with E-state index in [9.17, 15) is 19.5 Å². The van der Waals surface area contributed by atoms with E-state index in [0.717, 1.165) is 0 Å². The van der Waals surface area contributed by atoms with Crippen LogP contribution in [0, 0.1) is 0 Å². The van der Waals surface area contributed by atoms with Gasteiger partial charge in [-0.15, -0.1) is 0 Å². The Morgan fingerprint density at radius 2 is 2.04 bits per heavy atom. The van der Waals surface area contributed by atoms with Gasteiger partial charge in [-0.2, -0.15) is 0 Å². The normalized spacial score (nSPS) is 13.6. The van der Waals surface area contributed by atoms with Gasteiger partial charge in [0.05, 0.1) is 6.33 Å². The summed E-state index contributed by atoms with van der Waals surface area (Å²) >= 11 is 0. The molecule has 0 fully saturated rings. The molecular weight excluding hydrogens is 328 g/mol. The van der Waals surface area contributed by atoms with Crippen molar-refractivity contribution in [2.45, 2.75) is 58.7 Å². The van der Waals surface area contributed by atoms with Crippen LogP contribution in [-0.4, -0.2) is 62.2 Å². The number of ether oxygens (including phenoxy) is 1. The lowest BCUT2D eigenvalue weighted by Crippen LogP contribution is -2.54. The smallest absolute Gasteiger partial charge is 0.408 e. The maximum Gasteiger partial charge on any atom is 0.408 e. The molecule has 0 spiro atoms. The summed E-state index contributed by atoms with van der Waals surface area (Å²) in [6.07, 6.45) is 2.39. The van der Waals surface area contributed by atoms with E-state index in [2.05, 4.69) is 15.3 Å². The van der Waals surface area contributed by atoms with Crippen LogP contribution in [0.3, 0.4) is 0 Å². The fourth-order valence-electron chi connectivity index (χ4n) is 2.22. The van der Waals surface area contributed by atoms with Gasteiger partial charge in [0.1, 0.15) is 17.7 Å². The molecule has 0 aliphatic rings. The molecule has 1 rings (SSSR count). The van der Waals surface area contributed by atoms with Gasteiger partial charge in [0.25, 0.3) is 0 Å². The van der Waals surface area contributed by atoms with Gasteiger partial charge in [0, 0.05) is 24.9 Å². The van der Waals surface area contributed by atoms with Gasteiger partial charge in [-0.3, -0.25) is 4.79 Å². The third-order valence-corrected chi connectivity index (χ3v) is 3.42. The molecule has 2 atom stereocenters. The van der Waals surface area contributed by atoms with Gasteiger partial charge in [0.15, 0.2) is 0 Å². The number of aromatic nitrogens is 2. The molecule has 1 aromatic rings. The standard InChI is InChI=1S/C16H26N4O5/c1-6-20(10(2)14(22)23)13(21)12(7-11-8-17-9-18-11)19-15(24)25-16(3,4)5/h8-10,12H,6-7H2,1-5H3,(H,17,18)(H,19,24)(H,22,23)/t10-,12-/m0/s1. The highest BCUT2D eigenvalue weighted by Crippen LogP contribution is 2.10. The van der Waals surface area contributed by atoms with Crippen LogP contribution in [0.4, 0.5) is 4.79 Å². The van der Waals surface area contributed by atoms with Crippen LogP contribution < -0.4 is 5.32 Å². The van der Waals surface area contributed by atoms with E-state index in [4.69, 9.17) is 4.74 Å². The molecule has 25 heavy (non-hydrogen) atoms. The summed E-state index contributed by atoms with van der Waals surface area (Å²) < 4.78 is 5.20. The highest BCUT2D eigenvalue weighted by Gasteiger charge is 2.32. The van der Waals surface area contributed by atoms with E-state index in [1.54, 1.807) is 27.7 Å². The number of carboxylic acids is 1. The summed E-state index contributed by atoms with van der Waals surface area (Å²) in [4.78, 5) is 44.0. The van der Waals surface area contributed by atoms with Gasteiger partial charge in [0.2, 0.25) is 5.91 Å². The maximum atomic E-state index is 12.8. The number of aliphatic carboxylic acids is 1. The molecule has 2 amide bonds. The predicted octanol–water partition coefficient (Wildman–Crippen LogP) is 1.17. The molecule has 0 bridgehead atoms. The van der Waals surface area contributed by atoms with Crippen LogP contribution >= 0.6 is 0 Å². The lowest BCUT2D eigenvalue weighted by Gasteiger charge is -2.30. The molecule has 0 saturated carbocycles. The zero-order valence-electron chi connectivity index (χ0n) is 15.2. The number of carboxylic acid groups (broad SMARTS) is 1. The van der Waals surface area contributed by atoms with Crippen molar-refractivity contribution < 1.29 is 24.2 Å². The second kappa shape index (κ2) is 8.50. The van der Waals surface area contributed by atoms with Crippen molar-refractivity contribution in [3.8, 4) is 0 Å². The topological polar surface area (TPSA) is 125 Å². The second-order valence-corrected chi connectivity index (χ2v) is 6.62. The Hall–Kier alpha value is -2.58. The number of carbonyl (C=O) groups excluding carboxylic acids is 2. The summed E-state index contributed by atoms with van der Waals surface area (Å²) in [5, 5.41) is 11.7. The van der Waals surface area contributed by atoms with Crippen molar-refractivity contribution in [1.82, 2.24) is 20.2 Å². The molecule has 1 aromatic heterocycles. The number of H-pyrrole nitrogens is 1. The number of rotatable bonds is 7. The molecule has 3 N–H and O–H groups in total. The molecule has 9 heteroatoms. The Bertz CT molecular complexity index is 594. The van der Waals surface area contributed by atoms with Crippen LogP contribution in [0.1, 0.15) is 40.3 Å². The molecular formula is C16H26N4O5. The molecule has 0 unspecified atom stereocenters. The van der Waals surface area contributed by atoms with Gasteiger partial charge < -0.3 is 25.0 Å². The van der Waals surface area contributed by atoms with Crippen molar-refractivity contribution in [1.29, 1.82) is 0 Å². The van der Waals surface area contributed by atoms with Gasteiger partial charge >= 0.3 is 12.1 Å². The Labute approximate surface area is 146 Å². The minimum atomic E-state index is -1.12. The molecule has 0 saturated heterocycles. The monoisotopic (exact) mass is 354 g/mol. The number of aromatic amines is 1. The van der Waals surface area contributed by atoms with Crippen molar-refractivity contribution in [3.63, 3.8) is 0 Å². The summed E-state index contributed by atoms with van der Waals surface area (Å²) in [7, 11) is 0. The van der Waals surface area contributed by atoms with Gasteiger partial charge in [-0.1, -0.05) is 0 Å². The van der Waals surface area contributed by atoms with Crippen molar-refractivity contribution >= 4 is 18.0 Å². The summed E-state index contributed by atoms with van der Waals surface area (Å²) in [5.74, 6) is -1.62. The number of imidazole rings is 1. The highest BCUT2D eigenvalue weighted by molar-refractivity contribution is 5.89. The van der Waals surface area contributed by atoms with E-state index in [-0.39, 0.29) is 13.0 Å². The van der Waals surface area contributed by atoms with Crippen LogP contribution in [-0.2, 0) is 20.7 Å². The van der Waals surface area contributed by atoms with E-state index in [0.29, 0.717) is 5.69 Å². The number of nitrogens with zero attached hydrogens (tertiary/aromatic N) is 2. The first-order valence-electron chi connectivity index (χ1n) is 8.05. The molecule has 9 nitrogen and oxygen atoms in total. The van der Waals surface area contributed by atoms with Gasteiger partial charge in [-0.05, 0) is 34.6 Å². The molecule has 0 aromatic carbocycles. The van der Waals surface area contributed by atoms with Gasteiger partial charge in [-0.25, -0.2) is 14.6 Å². The van der Waals surface area contributed by atoms with E-state index < -0.39 is 35.7 Å². The molecule has 0 aliphatic carbocycles. The first-order chi connectivity index (χ1) is 11.5. The number of likely N-dealkylation sites (N-methyl/N-ethyl adjacent to an activating group) is 1. The van der Waals surface area contributed by atoms with Crippen molar-refractivity contribution in [2.24, 2.45) is 0 Å². The van der Waals surface area contributed by atoms with Crippen molar-refractivity contribution in [3.05, 3.63) is 18.2 Å². The minimum Gasteiger partial charge on any atom is -0.480 e. The zero-order valence-corrected chi connectivity index (χ0v) is 15.2. The Morgan fingerprint density at radius 3 is 2.48 bits per heavy atom. The van der Waals surface area contributed by atoms with E-state index >= 15 is 0 Å².